The van der Waals surface area contributed by atoms with Crippen molar-refractivity contribution in [2.75, 3.05) is 52.7 Å². The summed E-state index contributed by atoms with van der Waals surface area (Å²) in [7, 11) is 0. The van der Waals surface area contributed by atoms with Crippen LogP contribution in [0.1, 0.15) is 143 Å². The largest absolute Gasteiger partial charge is 0.381 e. The van der Waals surface area contributed by atoms with E-state index in [-0.39, 0.29) is 11.5 Å². The fraction of sp³-hybridized carbons (Fsp3) is 1.00. The molecule has 282 valence electrons. The molecule has 0 spiro atoms. The van der Waals surface area contributed by atoms with Gasteiger partial charge in [-0.3, -0.25) is 0 Å². The maximum atomic E-state index is 7.02. The van der Waals surface area contributed by atoms with Crippen molar-refractivity contribution in [1.29, 1.82) is 0 Å². The molecular weight excluding hydrogens is 598 g/mol. The number of hydrogen-bond acceptors (Lipinski definition) is 7. The second-order valence-corrected chi connectivity index (χ2v) is 17.0. The van der Waals surface area contributed by atoms with Crippen molar-refractivity contribution >= 4 is 0 Å². The second kappa shape index (κ2) is 20.7. The third-order valence-corrected chi connectivity index (χ3v) is 14.1. The summed E-state index contributed by atoms with van der Waals surface area (Å²) in [6.07, 6.45) is 22.6. The minimum Gasteiger partial charge on any atom is -0.381 e. The molecule has 4 rings (SSSR count). The summed E-state index contributed by atoms with van der Waals surface area (Å²) in [6, 6.07) is 0. The average Bonchev–Trinajstić information content (AvgIpc) is 3.44. The normalized spacial score (nSPS) is 36.8. The Bertz CT molecular complexity index is 879. The van der Waals surface area contributed by atoms with E-state index in [4.69, 9.17) is 36.1 Å². The van der Waals surface area contributed by atoms with Crippen LogP contribution in [0.2, 0.25) is 0 Å². The Kier molecular flexibility index (Phi) is 17.4. The molecule has 4 unspecified atom stereocenters. The molecule has 4 aliphatic rings. The number of ether oxygens (including phenoxy) is 4. The van der Waals surface area contributed by atoms with Crippen LogP contribution in [0, 0.1) is 46.3 Å². The molecule has 0 amide bonds. The fourth-order valence-electron chi connectivity index (χ4n) is 11.4. The van der Waals surface area contributed by atoms with Gasteiger partial charge in [-0.05, 0) is 144 Å². The Hall–Kier alpha value is -0.280. The van der Waals surface area contributed by atoms with E-state index in [0.29, 0.717) is 72.8 Å². The van der Waals surface area contributed by atoms with Gasteiger partial charge in [0, 0.05) is 38.4 Å². The summed E-state index contributed by atoms with van der Waals surface area (Å²) in [5.41, 5.74) is 18.2. The number of rotatable bonds is 24. The van der Waals surface area contributed by atoms with E-state index in [1.807, 2.05) is 0 Å². The lowest BCUT2D eigenvalue weighted by Crippen LogP contribution is -2.63. The Morgan fingerprint density at radius 3 is 2.06 bits per heavy atom. The summed E-state index contributed by atoms with van der Waals surface area (Å²) in [4.78, 5) is 0. The van der Waals surface area contributed by atoms with Gasteiger partial charge in [0.1, 0.15) is 0 Å². The van der Waals surface area contributed by atoms with E-state index >= 15 is 0 Å². The molecule has 0 aromatic rings. The fourth-order valence-corrected chi connectivity index (χ4v) is 11.4. The van der Waals surface area contributed by atoms with Crippen LogP contribution < -0.4 is 17.2 Å². The molecule has 0 saturated heterocycles. The zero-order chi connectivity index (χ0) is 34.4. The molecule has 0 radical (unpaired) electrons. The third kappa shape index (κ3) is 9.98. The first kappa shape index (κ1) is 40.5. The smallest absolute Gasteiger partial charge is 0.0637 e. The number of nitrogens with two attached hydrogens (primary N) is 3. The van der Waals surface area contributed by atoms with Crippen LogP contribution >= 0.6 is 0 Å². The second-order valence-electron chi connectivity index (χ2n) is 17.0. The minimum atomic E-state index is 0.162. The van der Waals surface area contributed by atoms with E-state index in [2.05, 4.69) is 27.7 Å². The van der Waals surface area contributed by atoms with Crippen LogP contribution in [0.4, 0.5) is 0 Å². The molecule has 4 saturated carbocycles. The highest BCUT2D eigenvalue weighted by Gasteiger charge is 2.66. The summed E-state index contributed by atoms with van der Waals surface area (Å²) in [6.45, 7) is 16.4. The maximum Gasteiger partial charge on any atom is 0.0637 e. The first-order valence-electron chi connectivity index (χ1n) is 20.9. The molecule has 7 nitrogen and oxygen atoms in total. The Morgan fingerprint density at radius 1 is 0.667 bits per heavy atom. The summed E-state index contributed by atoms with van der Waals surface area (Å²) in [5, 5.41) is 0. The van der Waals surface area contributed by atoms with Crippen molar-refractivity contribution in [3.05, 3.63) is 0 Å². The first-order valence-corrected chi connectivity index (χ1v) is 20.9. The van der Waals surface area contributed by atoms with E-state index in [0.717, 1.165) is 71.6 Å². The lowest BCUT2D eigenvalue weighted by Gasteiger charge is -2.65. The molecule has 48 heavy (non-hydrogen) atoms. The van der Waals surface area contributed by atoms with Crippen molar-refractivity contribution in [2.24, 2.45) is 63.5 Å². The molecule has 0 aliphatic heterocycles. The van der Waals surface area contributed by atoms with Crippen molar-refractivity contribution < 1.29 is 18.9 Å². The first-order chi connectivity index (χ1) is 23.3. The average molecular weight is 678 g/mol. The highest BCUT2D eigenvalue weighted by atomic mass is 16.5. The van der Waals surface area contributed by atoms with E-state index < -0.39 is 0 Å². The predicted octanol–water partition coefficient (Wildman–Crippen LogP) is 7.86. The Balaban J connectivity index is 1.46. The Morgan fingerprint density at radius 2 is 1.33 bits per heavy atom. The molecular formula is C41H79N3O4. The summed E-state index contributed by atoms with van der Waals surface area (Å²) in [5.74, 6) is 3.81. The maximum absolute atomic E-state index is 7.02. The zero-order valence-electron chi connectivity index (χ0n) is 31.9. The summed E-state index contributed by atoms with van der Waals surface area (Å²) >= 11 is 0. The quantitative estimate of drug-likeness (QED) is 0.0891. The van der Waals surface area contributed by atoms with Crippen LogP contribution in [-0.2, 0) is 18.9 Å². The third-order valence-electron chi connectivity index (χ3n) is 14.1. The molecule has 4 aliphatic carbocycles. The van der Waals surface area contributed by atoms with Crippen LogP contribution in [0.15, 0.2) is 0 Å². The molecule has 4 fully saturated rings. The van der Waals surface area contributed by atoms with Gasteiger partial charge in [0.05, 0.1) is 18.3 Å². The molecule has 6 N–H and O–H groups in total. The summed E-state index contributed by atoms with van der Waals surface area (Å²) < 4.78 is 26.5. The van der Waals surface area contributed by atoms with Crippen LogP contribution in [0.3, 0.4) is 0 Å². The van der Waals surface area contributed by atoms with Crippen molar-refractivity contribution in [3.8, 4) is 0 Å². The van der Waals surface area contributed by atoms with Gasteiger partial charge in [-0.25, -0.2) is 0 Å². The molecule has 0 bridgehead atoms. The van der Waals surface area contributed by atoms with Crippen LogP contribution in [-0.4, -0.2) is 71.0 Å². The van der Waals surface area contributed by atoms with Crippen molar-refractivity contribution in [3.63, 3.8) is 0 Å². The number of fused-ring (bicyclic) bond motifs is 5. The molecule has 0 aromatic heterocycles. The van der Waals surface area contributed by atoms with Crippen molar-refractivity contribution in [1.82, 2.24) is 0 Å². The van der Waals surface area contributed by atoms with E-state index in [1.165, 1.54) is 77.0 Å². The topological polar surface area (TPSA) is 115 Å². The van der Waals surface area contributed by atoms with Crippen LogP contribution in [0.25, 0.3) is 0 Å². The van der Waals surface area contributed by atoms with Crippen LogP contribution in [0.5, 0.6) is 0 Å². The number of unbranched alkanes of at least 4 members (excludes halogenated alkanes) is 5. The monoisotopic (exact) mass is 678 g/mol. The van der Waals surface area contributed by atoms with Gasteiger partial charge in [0.15, 0.2) is 0 Å². The predicted molar refractivity (Wildman–Crippen MR) is 199 cm³/mol. The van der Waals surface area contributed by atoms with Gasteiger partial charge in [0.2, 0.25) is 0 Å². The van der Waals surface area contributed by atoms with Gasteiger partial charge in [-0.15, -0.1) is 0 Å². The van der Waals surface area contributed by atoms with Gasteiger partial charge >= 0.3 is 0 Å². The van der Waals surface area contributed by atoms with Crippen molar-refractivity contribution in [2.45, 2.75) is 162 Å². The minimum absolute atomic E-state index is 0.162. The Labute approximate surface area is 296 Å². The highest BCUT2D eigenvalue weighted by molar-refractivity contribution is 5.15. The van der Waals surface area contributed by atoms with Gasteiger partial charge in [0.25, 0.3) is 0 Å². The van der Waals surface area contributed by atoms with E-state index in [9.17, 15) is 0 Å². The lowest BCUT2D eigenvalue weighted by molar-refractivity contribution is -0.227. The zero-order valence-corrected chi connectivity index (χ0v) is 31.9. The standard InChI is InChI=1S/C41H79N3O4/c1-5-6-7-8-9-10-23-45-24-11-15-31(2)34-16-17-35-39-36(30-38(41(34,35)4)48-27-14-22-44)40(3)19-18-33(46-25-12-20-42)28-32(40)29-37(39)47-26-13-21-43/h31-39H,5-30,42-44H2,1-4H3/t31-,32?,33-,34?,35+,36+,37-,38+,39?,40?,41-/m1/s1. The molecule has 0 heterocycles. The van der Waals surface area contributed by atoms with Gasteiger partial charge in [-0.1, -0.05) is 59.8 Å². The van der Waals surface area contributed by atoms with E-state index in [1.54, 1.807) is 0 Å². The molecule has 11 atom stereocenters. The number of hydrogen-bond donors (Lipinski definition) is 3. The molecule has 0 aromatic carbocycles. The van der Waals surface area contributed by atoms with Gasteiger partial charge < -0.3 is 36.1 Å². The highest BCUT2D eigenvalue weighted by Crippen LogP contribution is 2.69. The van der Waals surface area contributed by atoms with Gasteiger partial charge in [-0.2, -0.15) is 0 Å². The SMILES string of the molecule is CCCCCCCCOCCC[C@@H](C)C1CC[C@H]2C3[C@H](OCCCN)CC4C[C@H](OCCCN)CCC4(C)[C@H]3C[C@H](OCCCN)[C@]12C. The lowest BCUT2D eigenvalue weighted by atomic mass is 9.43. The molecule has 7 heteroatoms.